The van der Waals surface area contributed by atoms with E-state index in [2.05, 4.69) is 10.5 Å². The van der Waals surface area contributed by atoms with E-state index in [0.29, 0.717) is 11.6 Å². The van der Waals surface area contributed by atoms with Gasteiger partial charge in [0.1, 0.15) is 5.76 Å². The van der Waals surface area contributed by atoms with Crippen molar-refractivity contribution in [2.45, 2.75) is 31.7 Å². The second-order valence-electron chi connectivity index (χ2n) is 4.60. The Kier molecular flexibility index (Phi) is 2.91. The average Bonchev–Trinajstić information content (AvgIpc) is 2.91. The molecule has 94 valence electrons. The normalized spacial score (nSPS) is 16.5. The minimum absolute atomic E-state index is 0.00132. The lowest BCUT2D eigenvalue weighted by Crippen LogP contribution is -2.26. The molecule has 2 aromatic rings. The number of hydrogen-bond acceptors (Lipinski definition) is 4. The summed E-state index contributed by atoms with van der Waals surface area (Å²) < 4.78 is 5.17. The topological polar surface area (TPSA) is 55.1 Å². The van der Waals surface area contributed by atoms with Crippen molar-refractivity contribution in [1.29, 1.82) is 0 Å². The minimum Gasteiger partial charge on any atom is -0.360 e. The van der Waals surface area contributed by atoms with Crippen LogP contribution in [0.25, 0.3) is 0 Å². The fourth-order valence-corrected chi connectivity index (χ4v) is 2.57. The van der Waals surface area contributed by atoms with Crippen molar-refractivity contribution in [2.24, 2.45) is 0 Å². The van der Waals surface area contributed by atoms with Gasteiger partial charge in [0, 0.05) is 16.9 Å². The first-order valence-electron chi connectivity index (χ1n) is 6.05. The molecule has 1 atom stereocenters. The highest BCUT2D eigenvalue weighted by atomic mass is 32.1. The smallest absolute Gasteiger partial charge is 0.273 e. The van der Waals surface area contributed by atoms with Gasteiger partial charge in [-0.1, -0.05) is 11.2 Å². The van der Waals surface area contributed by atoms with Gasteiger partial charge >= 0.3 is 0 Å². The molecule has 0 bridgehead atoms. The largest absolute Gasteiger partial charge is 0.360 e. The average molecular weight is 262 g/mol. The van der Waals surface area contributed by atoms with Gasteiger partial charge in [-0.05, 0) is 31.2 Å². The molecule has 0 unspecified atom stereocenters. The Hall–Kier alpha value is -1.62. The molecule has 2 heterocycles. The summed E-state index contributed by atoms with van der Waals surface area (Å²) in [7, 11) is 0. The molecule has 1 aliphatic carbocycles. The van der Waals surface area contributed by atoms with Gasteiger partial charge in [-0.25, -0.2) is 0 Å². The highest BCUT2D eigenvalue weighted by Crippen LogP contribution is 2.40. The molecule has 0 spiro atoms. The van der Waals surface area contributed by atoms with Gasteiger partial charge in [0.2, 0.25) is 0 Å². The van der Waals surface area contributed by atoms with Crippen molar-refractivity contribution in [3.63, 3.8) is 0 Å². The number of rotatable bonds is 4. The summed E-state index contributed by atoms with van der Waals surface area (Å²) in [5.74, 6) is 1.14. The van der Waals surface area contributed by atoms with E-state index in [4.69, 9.17) is 4.52 Å². The molecule has 1 saturated carbocycles. The van der Waals surface area contributed by atoms with Crippen LogP contribution in [0.5, 0.6) is 0 Å². The molecule has 0 saturated heterocycles. The van der Waals surface area contributed by atoms with E-state index in [9.17, 15) is 4.79 Å². The predicted molar refractivity (Wildman–Crippen MR) is 68.7 cm³/mol. The summed E-state index contributed by atoms with van der Waals surface area (Å²) in [6.45, 7) is 1.96. The highest BCUT2D eigenvalue weighted by Gasteiger charge is 2.29. The van der Waals surface area contributed by atoms with Crippen LogP contribution in [0.15, 0.2) is 28.1 Å². The van der Waals surface area contributed by atoms with Crippen LogP contribution in [-0.4, -0.2) is 11.1 Å². The van der Waals surface area contributed by atoms with Gasteiger partial charge in [-0.3, -0.25) is 4.79 Å². The maximum absolute atomic E-state index is 12.0. The van der Waals surface area contributed by atoms with Crippen molar-refractivity contribution >= 4 is 17.2 Å². The van der Waals surface area contributed by atoms with Crippen LogP contribution in [0.3, 0.4) is 0 Å². The number of carbonyl (C=O) groups excluding carboxylic acids is 1. The zero-order valence-electron chi connectivity index (χ0n) is 10.1. The summed E-state index contributed by atoms with van der Waals surface area (Å²) in [4.78, 5) is 13.1. The molecule has 1 N–H and O–H groups in total. The first kappa shape index (κ1) is 11.5. The van der Waals surface area contributed by atoms with Crippen molar-refractivity contribution in [3.8, 4) is 0 Å². The van der Waals surface area contributed by atoms with E-state index in [1.165, 1.54) is 0 Å². The summed E-state index contributed by atoms with van der Waals surface area (Å²) >= 11 is 1.63. The second kappa shape index (κ2) is 4.57. The number of aromatic nitrogens is 1. The zero-order chi connectivity index (χ0) is 12.5. The molecule has 2 aromatic heterocycles. The third-order valence-electron chi connectivity index (χ3n) is 3.06. The Bertz CT molecular complexity index is 543. The Morgan fingerprint density at radius 2 is 2.44 bits per heavy atom. The molecule has 0 aliphatic heterocycles. The summed E-state index contributed by atoms with van der Waals surface area (Å²) in [5, 5.41) is 8.75. The van der Waals surface area contributed by atoms with Crippen molar-refractivity contribution in [1.82, 2.24) is 10.5 Å². The number of thiophene rings is 1. The van der Waals surface area contributed by atoms with E-state index < -0.39 is 0 Å². The lowest BCUT2D eigenvalue weighted by Gasteiger charge is -2.10. The molecular weight excluding hydrogens is 248 g/mol. The fraction of sp³-hybridized carbons (Fsp3) is 0.385. The van der Waals surface area contributed by atoms with Crippen molar-refractivity contribution in [3.05, 3.63) is 39.9 Å². The van der Waals surface area contributed by atoms with Crippen LogP contribution in [0.2, 0.25) is 0 Å². The van der Waals surface area contributed by atoms with Gasteiger partial charge in [0.15, 0.2) is 5.69 Å². The van der Waals surface area contributed by atoms with Crippen LogP contribution in [0.1, 0.15) is 52.9 Å². The predicted octanol–water partition coefficient (Wildman–Crippen LogP) is 3.10. The Balaban J connectivity index is 1.66. The van der Waals surface area contributed by atoms with Gasteiger partial charge in [-0.2, -0.15) is 0 Å². The van der Waals surface area contributed by atoms with Crippen LogP contribution >= 0.6 is 11.3 Å². The number of carbonyl (C=O) groups is 1. The van der Waals surface area contributed by atoms with Gasteiger partial charge in [-0.15, -0.1) is 11.3 Å². The molecule has 1 fully saturated rings. The molecule has 0 radical (unpaired) electrons. The van der Waals surface area contributed by atoms with Crippen LogP contribution in [-0.2, 0) is 0 Å². The SMILES string of the molecule is C[C@@H](NC(=O)c1cc(C2CC2)on1)c1cccs1. The monoisotopic (exact) mass is 262 g/mol. The maximum Gasteiger partial charge on any atom is 0.273 e. The molecule has 1 aliphatic rings. The van der Waals surface area contributed by atoms with E-state index in [-0.39, 0.29) is 11.9 Å². The van der Waals surface area contributed by atoms with E-state index in [1.807, 2.05) is 24.4 Å². The number of nitrogens with zero attached hydrogens (tertiary/aromatic N) is 1. The van der Waals surface area contributed by atoms with Crippen molar-refractivity contribution < 1.29 is 9.32 Å². The van der Waals surface area contributed by atoms with Crippen LogP contribution in [0.4, 0.5) is 0 Å². The fourth-order valence-electron chi connectivity index (χ4n) is 1.84. The third-order valence-corrected chi connectivity index (χ3v) is 4.11. The molecule has 0 aromatic carbocycles. The lowest BCUT2D eigenvalue weighted by atomic mass is 10.2. The summed E-state index contributed by atoms with van der Waals surface area (Å²) in [5.41, 5.74) is 0.375. The minimum atomic E-state index is -0.174. The first-order valence-corrected chi connectivity index (χ1v) is 6.93. The number of amides is 1. The van der Waals surface area contributed by atoms with Gasteiger partial charge < -0.3 is 9.84 Å². The summed E-state index contributed by atoms with van der Waals surface area (Å²) in [6, 6.07) is 5.74. The first-order chi connectivity index (χ1) is 8.74. The molecule has 5 heteroatoms. The van der Waals surface area contributed by atoms with E-state index in [1.54, 1.807) is 17.4 Å². The van der Waals surface area contributed by atoms with Crippen LogP contribution < -0.4 is 5.32 Å². The third kappa shape index (κ3) is 2.31. The Morgan fingerprint density at radius 3 is 3.11 bits per heavy atom. The number of hydrogen-bond donors (Lipinski definition) is 1. The Labute approximate surface area is 109 Å². The molecule has 4 nitrogen and oxygen atoms in total. The van der Waals surface area contributed by atoms with Crippen molar-refractivity contribution in [2.75, 3.05) is 0 Å². The lowest BCUT2D eigenvalue weighted by molar-refractivity contribution is 0.0931. The van der Waals surface area contributed by atoms with Gasteiger partial charge in [0.25, 0.3) is 5.91 Å². The zero-order valence-corrected chi connectivity index (χ0v) is 10.9. The second-order valence-corrected chi connectivity index (χ2v) is 5.58. The van der Waals surface area contributed by atoms with E-state index >= 15 is 0 Å². The molecular formula is C13H14N2O2S. The quantitative estimate of drug-likeness (QED) is 0.921. The highest BCUT2D eigenvalue weighted by molar-refractivity contribution is 7.10. The Morgan fingerprint density at radius 1 is 1.61 bits per heavy atom. The summed E-state index contributed by atoms with van der Waals surface area (Å²) in [6.07, 6.45) is 2.28. The molecule has 1 amide bonds. The number of nitrogens with one attached hydrogen (secondary N) is 1. The van der Waals surface area contributed by atoms with E-state index in [0.717, 1.165) is 23.5 Å². The van der Waals surface area contributed by atoms with Gasteiger partial charge in [0.05, 0.1) is 6.04 Å². The molecule has 18 heavy (non-hydrogen) atoms. The van der Waals surface area contributed by atoms with Crippen LogP contribution in [0, 0.1) is 0 Å². The maximum atomic E-state index is 12.0. The molecule has 3 rings (SSSR count). The standard InChI is InChI=1S/C13H14N2O2S/c1-8(12-3-2-6-18-12)14-13(16)10-7-11(17-15-10)9-4-5-9/h2-3,6-9H,4-5H2,1H3,(H,14,16)/t8-/m1/s1.